The number of pyridine rings is 1. The van der Waals surface area contributed by atoms with Crippen LogP contribution in [0.1, 0.15) is 24.0 Å². The van der Waals surface area contributed by atoms with Crippen molar-refractivity contribution in [3.63, 3.8) is 0 Å². The quantitative estimate of drug-likeness (QED) is 0.443. The fraction of sp³-hybridized carbons (Fsp3) is 0.238. The summed E-state index contributed by atoms with van der Waals surface area (Å²) in [6.07, 6.45) is 4.85. The molecule has 0 bridgehead atoms. The third-order valence-electron chi connectivity index (χ3n) is 4.46. The molecule has 29 heavy (non-hydrogen) atoms. The van der Waals surface area contributed by atoms with E-state index in [9.17, 15) is 4.79 Å². The Balaban J connectivity index is 1.46. The molecule has 4 rings (SSSR count). The summed E-state index contributed by atoms with van der Waals surface area (Å²) in [5.74, 6) is 1.66. The average Bonchev–Trinajstić information content (AvgIpc) is 3.38. The van der Waals surface area contributed by atoms with E-state index in [4.69, 9.17) is 0 Å². The number of carbonyl (C=O) groups excluding carboxylic acids is 1. The van der Waals surface area contributed by atoms with E-state index in [-0.39, 0.29) is 18.4 Å². The monoisotopic (exact) mass is 423 g/mol. The predicted molar refractivity (Wildman–Crippen MR) is 119 cm³/mol. The van der Waals surface area contributed by atoms with Crippen LogP contribution in [0.4, 0.5) is 0 Å². The molecule has 8 heteroatoms. The molecular weight excluding hydrogens is 402 g/mol. The van der Waals surface area contributed by atoms with E-state index in [0.29, 0.717) is 0 Å². The lowest BCUT2D eigenvalue weighted by Crippen LogP contribution is -2.31. The molecule has 0 saturated heterocycles. The van der Waals surface area contributed by atoms with Crippen LogP contribution in [-0.4, -0.2) is 37.9 Å². The van der Waals surface area contributed by atoms with Crippen molar-refractivity contribution in [3.05, 3.63) is 65.6 Å². The maximum Gasteiger partial charge on any atom is 0.226 e. The molecule has 0 saturated carbocycles. The smallest absolute Gasteiger partial charge is 0.226 e. The van der Waals surface area contributed by atoms with Crippen molar-refractivity contribution in [2.45, 2.75) is 18.9 Å². The van der Waals surface area contributed by atoms with Crippen LogP contribution in [0, 0.1) is 0 Å². The van der Waals surface area contributed by atoms with Gasteiger partial charge >= 0.3 is 0 Å². The van der Waals surface area contributed by atoms with Crippen LogP contribution < -0.4 is 5.32 Å². The van der Waals surface area contributed by atoms with Crippen LogP contribution in [0.25, 0.3) is 21.7 Å². The lowest BCUT2D eigenvalue weighted by molar-refractivity contribution is -0.121. The minimum Gasteiger partial charge on any atom is -0.346 e. The van der Waals surface area contributed by atoms with Crippen LogP contribution in [0.2, 0.25) is 0 Å². The number of fused-ring (bicyclic) bond motifs is 1. The molecule has 6 nitrogen and oxygen atoms in total. The molecule has 3 heterocycles. The molecule has 0 fully saturated rings. The van der Waals surface area contributed by atoms with Gasteiger partial charge in [0, 0.05) is 11.6 Å². The second kappa shape index (κ2) is 9.19. The number of amides is 1. The summed E-state index contributed by atoms with van der Waals surface area (Å²) in [5, 5.41) is 5.87. The topological polar surface area (TPSA) is 83.6 Å². The van der Waals surface area contributed by atoms with Crippen LogP contribution in [0.15, 0.2) is 54.0 Å². The number of para-hydroxylation sites is 2. The van der Waals surface area contributed by atoms with E-state index in [2.05, 4.69) is 31.5 Å². The molecule has 1 unspecified atom stereocenters. The fourth-order valence-electron chi connectivity index (χ4n) is 3.06. The summed E-state index contributed by atoms with van der Waals surface area (Å²) in [7, 11) is 0. The van der Waals surface area contributed by atoms with Gasteiger partial charge in [-0.2, -0.15) is 11.8 Å². The second-order valence-corrected chi connectivity index (χ2v) is 8.42. The maximum atomic E-state index is 12.7. The summed E-state index contributed by atoms with van der Waals surface area (Å²) in [5.41, 5.74) is 3.46. The van der Waals surface area contributed by atoms with Crippen LogP contribution in [0.3, 0.4) is 0 Å². The van der Waals surface area contributed by atoms with Crippen LogP contribution >= 0.6 is 23.1 Å². The first kappa shape index (κ1) is 19.6. The Morgan fingerprint density at radius 2 is 2.07 bits per heavy atom. The SMILES string of the molecule is CSCCC(NC(=O)Cc1csc(-c2ccccn2)n1)c1nc2ccccc2[nH]1. The minimum absolute atomic E-state index is 0.0607. The number of thioether (sulfide) groups is 1. The number of nitrogens with one attached hydrogen (secondary N) is 2. The minimum atomic E-state index is -0.156. The summed E-state index contributed by atoms with van der Waals surface area (Å²) < 4.78 is 0. The molecule has 0 aliphatic carbocycles. The van der Waals surface area contributed by atoms with E-state index in [1.807, 2.05) is 47.8 Å². The molecule has 0 spiro atoms. The number of H-pyrrole nitrogens is 1. The normalized spacial score (nSPS) is 12.2. The van der Waals surface area contributed by atoms with Crippen molar-refractivity contribution in [2.75, 3.05) is 12.0 Å². The van der Waals surface area contributed by atoms with Gasteiger partial charge < -0.3 is 10.3 Å². The number of carbonyl (C=O) groups is 1. The van der Waals surface area contributed by atoms with Gasteiger partial charge in [-0.3, -0.25) is 9.78 Å². The first-order valence-electron chi connectivity index (χ1n) is 9.31. The Labute approximate surface area is 177 Å². The van der Waals surface area contributed by atoms with Gasteiger partial charge in [-0.15, -0.1) is 11.3 Å². The molecule has 0 aliphatic rings. The van der Waals surface area contributed by atoms with Gasteiger partial charge in [-0.25, -0.2) is 9.97 Å². The van der Waals surface area contributed by atoms with Crippen molar-refractivity contribution in [2.24, 2.45) is 0 Å². The van der Waals surface area contributed by atoms with E-state index in [1.54, 1.807) is 18.0 Å². The zero-order chi connectivity index (χ0) is 20.1. The highest BCUT2D eigenvalue weighted by Crippen LogP contribution is 2.23. The van der Waals surface area contributed by atoms with Gasteiger partial charge in [-0.1, -0.05) is 18.2 Å². The first-order valence-corrected chi connectivity index (χ1v) is 11.6. The highest BCUT2D eigenvalue weighted by Gasteiger charge is 2.19. The number of aromatic nitrogens is 4. The summed E-state index contributed by atoms with van der Waals surface area (Å²) >= 11 is 3.25. The van der Waals surface area contributed by atoms with Gasteiger partial charge in [0.15, 0.2) is 0 Å². The number of rotatable bonds is 8. The van der Waals surface area contributed by atoms with Crippen molar-refractivity contribution >= 4 is 40.0 Å². The third kappa shape index (κ3) is 4.83. The Morgan fingerprint density at radius 1 is 1.21 bits per heavy atom. The fourth-order valence-corrected chi connectivity index (χ4v) is 4.32. The highest BCUT2D eigenvalue weighted by atomic mass is 32.2. The molecule has 2 N–H and O–H groups in total. The Bertz CT molecular complexity index is 1060. The predicted octanol–water partition coefficient (Wildman–Crippen LogP) is 4.23. The summed E-state index contributed by atoms with van der Waals surface area (Å²) in [6.45, 7) is 0. The molecular formula is C21H21N5OS2. The van der Waals surface area contributed by atoms with Gasteiger partial charge in [0.2, 0.25) is 5.91 Å². The average molecular weight is 424 g/mol. The molecule has 0 aliphatic heterocycles. The molecule has 1 aromatic carbocycles. The van der Waals surface area contributed by atoms with Gasteiger partial charge in [0.1, 0.15) is 10.8 Å². The molecule has 1 amide bonds. The number of thiazole rings is 1. The first-order chi connectivity index (χ1) is 14.2. The van der Waals surface area contributed by atoms with E-state index in [0.717, 1.165) is 45.4 Å². The molecule has 148 valence electrons. The van der Waals surface area contributed by atoms with E-state index >= 15 is 0 Å². The molecule has 3 aromatic heterocycles. The number of benzene rings is 1. The number of nitrogens with zero attached hydrogens (tertiary/aromatic N) is 3. The number of hydrogen-bond acceptors (Lipinski definition) is 6. The van der Waals surface area contributed by atoms with Crippen LogP contribution in [-0.2, 0) is 11.2 Å². The number of imidazole rings is 1. The maximum absolute atomic E-state index is 12.7. The second-order valence-electron chi connectivity index (χ2n) is 6.58. The lowest BCUT2D eigenvalue weighted by atomic mass is 10.2. The van der Waals surface area contributed by atoms with Gasteiger partial charge in [-0.05, 0) is 42.7 Å². The lowest BCUT2D eigenvalue weighted by Gasteiger charge is -2.16. The largest absolute Gasteiger partial charge is 0.346 e. The summed E-state index contributed by atoms with van der Waals surface area (Å²) in [6, 6.07) is 13.5. The Morgan fingerprint density at radius 3 is 2.86 bits per heavy atom. The zero-order valence-electron chi connectivity index (χ0n) is 16.0. The van der Waals surface area contributed by atoms with Gasteiger partial charge in [0.25, 0.3) is 0 Å². The van der Waals surface area contributed by atoms with Crippen molar-refractivity contribution < 1.29 is 4.79 Å². The molecule has 1 atom stereocenters. The zero-order valence-corrected chi connectivity index (χ0v) is 17.6. The Hall–Kier alpha value is -2.71. The highest BCUT2D eigenvalue weighted by molar-refractivity contribution is 7.98. The number of aromatic amines is 1. The van der Waals surface area contributed by atoms with Crippen molar-refractivity contribution in [1.82, 2.24) is 25.3 Å². The van der Waals surface area contributed by atoms with Crippen molar-refractivity contribution in [3.8, 4) is 10.7 Å². The molecule has 4 aromatic rings. The third-order valence-corrected chi connectivity index (χ3v) is 6.02. The number of hydrogen-bond donors (Lipinski definition) is 2. The summed E-state index contributed by atoms with van der Waals surface area (Å²) in [4.78, 5) is 29.6. The van der Waals surface area contributed by atoms with Crippen molar-refractivity contribution in [1.29, 1.82) is 0 Å². The Kier molecular flexibility index (Phi) is 6.21. The van der Waals surface area contributed by atoms with Crippen LogP contribution in [0.5, 0.6) is 0 Å². The van der Waals surface area contributed by atoms with E-state index in [1.165, 1.54) is 11.3 Å². The molecule has 0 radical (unpaired) electrons. The van der Waals surface area contributed by atoms with E-state index < -0.39 is 0 Å². The standard InChI is InChI=1S/C21H21N5OS2/c1-28-11-9-17(20-25-15-6-2-3-7-16(15)26-20)24-19(27)12-14-13-29-21(23-14)18-8-4-5-10-22-18/h2-8,10,13,17H,9,11-12H2,1H3,(H,24,27)(H,25,26). The van der Waals surface area contributed by atoms with Gasteiger partial charge in [0.05, 0.1) is 34.9 Å².